The van der Waals surface area contributed by atoms with E-state index in [1.54, 1.807) is 6.92 Å². The van der Waals surface area contributed by atoms with Crippen LogP contribution in [0, 0.1) is 33.3 Å². The second-order valence-corrected chi connectivity index (χ2v) is 3.35. The van der Waals surface area contributed by atoms with Gasteiger partial charge in [0.15, 0.2) is 0 Å². The molecule has 0 aromatic heterocycles. The normalized spacial score (nSPS) is 8.84. The third-order valence-corrected chi connectivity index (χ3v) is 2.10. The molecule has 0 saturated carbocycles. The van der Waals surface area contributed by atoms with Crippen LogP contribution in [0.1, 0.15) is 29.3 Å². The molecule has 6 heteroatoms. The predicted molar refractivity (Wildman–Crippen MR) is 66.2 cm³/mol. The van der Waals surface area contributed by atoms with Gasteiger partial charge in [-0.15, -0.1) is 0 Å². The first-order valence-electron chi connectivity index (χ1n) is 5.41. The number of carbonyl (C=O) groups excluding carboxylic acids is 1. The van der Waals surface area contributed by atoms with E-state index in [0.29, 0.717) is 0 Å². The summed E-state index contributed by atoms with van der Waals surface area (Å²) in [7, 11) is 0. The van der Waals surface area contributed by atoms with Crippen molar-refractivity contribution in [1.29, 1.82) is 5.26 Å². The molecule has 0 amide bonds. The van der Waals surface area contributed by atoms with E-state index in [2.05, 4.69) is 11.8 Å². The summed E-state index contributed by atoms with van der Waals surface area (Å²) >= 11 is 0. The number of hydrogen-bond acceptors (Lipinski definition) is 5. The molecule has 0 N–H and O–H groups in total. The van der Waals surface area contributed by atoms with Crippen LogP contribution in [0.25, 0.3) is 0 Å². The van der Waals surface area contributed by atoms with Gasteiger partial charge in [-0.2, -0.15) is 5.26 Å². The highest BCUT2D eigenvalue weighted by Crippen LogP contribution is 2.20. The SMILES string of the molecule is CCOC(=O)c1ccc(C#CCC#N)c([N+](=O)[O-])c1. The number of carbonyl (C=O) groups is 1. The number of nitrogens with zero attached hydrogens (tertiary/aromatic N) is 2. The smallest absolute Gasteiger partial charge is 0.338 e. The molecule has 0 spiro atoms. The third-order valence-electron chi connectivity index (χ3n) is 2.10. The minimum atomic E-state index is -0.626. The number of ether oxygens (including phenoxy) is 1. The number of esters is 1. The van der Waals surface area contributed by atoms with Crippen LogP contribution in [0.15, 0.2) is 18.2 Å². The van der Waals surface area contributed by atoms with Gasteiger partial charge in [-0.3, -0.25) is 10.1 Å². The first-order chi connectivity index (χ1) is 9.10. The molecule has 96 valence electrons. The highest BCUT2D eigenvalue weighted by molar-refractivity contribution is 5.90. The fourth-order valence-corrected chi connectivity index (χ4v) is 1.31. The van der Waals surface area contributed by atoms with Gasteiger partial charge in [-0.05, 0) is 19.1 Å². The van der Waals surface area contributed by atoms with Gasteiger partial charge >= 0.3 is 5.97 Å². The van der Waals surface area contributed by atoms with Gasteiger partial charge in [-0.25, -0.2) is 4.79 Å². The number of rotatable bonds is 3. The largest absolute Gasteiger partial charge is 0.462 e. The fraction of sp³-hybridized carbons (Fsp3) is 0.231. The summed E-state index contributed by atoms with van der Waals surface area (Å²) in [6.07, 6.45) is -0.0171. The molecule has 19 heavy (non-hydrogen) atoms. The molecule has 0 heterocycles. The lowest BCUT2D eigenvalue weighted by Gasteiger charge is -2.02. The summed E-state index contributed by atoms with van der Waals surface area (Å²) in [5, 5.41) is 19.3. The first-order valence-corrected chi connectivity index (χ1v) is 5.41. The van der Waals surface area contributed by atoms with Crippen LogP contribution in [-0.4, -0.2) is 17.5 Å². The van der Waals surface area contributed by atoms with Crippen molar-refractivity contribution in [2.24, 2.45) is 0 Å². The highest BCUT2D eigenvalue weighted by atomic mass is 16.6. The highest BCUT2D eigenvalue weighted by Gasteiger charge is 2.16. The molecule has 0 fully saturated rings. The van der Waals surface area contributed by atoms with E-state index in [9.17, 15) is 14.9 Å². The van der Waals surface area contributed by atoms with E-state index < -0.39 is 10.9 Å². The summed E-state index contributed by atoms with van der Waals surface area (Å²) in [5.41, 5.74) is -0.0244. The minimum absolute atomic E-state index is 0.0171. The average Bonchev–Trinajstić information content (AvgIpc) is 2.39. The van der Waals surface area contributed by atoms with Crippen molar-refractivity contribution < 1.29 is 14.5 Å². The van der Waals surface area contributed by atoms with Gasteiger partial charge < -0.3 is 4.74 Å². The Morgan fingerprint density at radius 3 is 2.84 bits per heavy atom. The molecule has 0 atom stereocenters. The van der Waals surface area contributed by atoms with Gasteiger partial charge in [-0.1, -0.05) is 11.8 Å². The molecule has 0 aliphatic rings. The van der Waals surface area contributed by atoms with E-state index in [0.717, 1.165) is 6.07 Å². The van der Waals surface area contributed by atoms with E-state index >= 15 is 0 Å². The number of nitro groups is 1. The van der Waals surface area contributed by atoms with Crippen LogP contribution < -0.4 is 0 Å². The summed E-state index contributed by atoms with van der Waals surface area (Å²) in [4.78, 5) is 21.7. The second kappa shape index (κ2) is 6.77. The second-order valence-electron chi connectivity index (χ2n) is 3.35. The lowest BCUT2D eigenvalue weighted by atomic mass is 10.1. The van der Waals surface area contributed by atoms with Crippen molar-refractivity contribution in [3.05, 3.63) is 39.4 Å². The van der Waals surface area contributed by atoms with Gasteiger partial charge in [0.05, 0.1) is 29.6 Å². The molecule has 0 saturated heterocycles. The Hall–Kier alpha value is -2.86. The van der Waals surface area contributed by atoms with E-state index in [1.165, 1.54) is 12.1 Å². The molecular weight excluding hydrogens is 248 g/mol. The summed E-state index contributed by atoms with van der Waals surface area (Å²) < 4.78 is 4.76. The predicted octanol–water partition coefficient (Wildman–Crippen LogP) is 2.04. The van der Waals surface area contributed by atoms with Gasteiger partial charge in [0.1, 0.15) is 5.56 Å². The Morgan fingerprint density at radius 2 is 2.26 bits per heavy atom. The van der Waals surface area contributed by atoms with Crippen LogP contribution >= 0.6 is 0 Å². The molecule has 0 aliphatic carbocycles. The maximum atomic E-state index is 11.5. The lowest BCUT2D eigenvalue weighted by Crippen LogP contribution is -2.05. The monoisotopic (exact) mass is 258 g/mol. The van der Waals surface area contributed by atoms with E-state index in [-0.39, 0.29) is 29.8 Å². The lowest BCUT2D eigenvalue weighted by molar-refractivity contribution is -0.385. The Bertz CT molecular complexity index is 605. The molecule has 0 bridgehead atoms. The number of nitro benzene ring substituents is 1. The molecule has 0 unspecified atom stereocenters. The van der Waals surface area contributed by atoms with Crippen LogP contribution in [0.4, 0.5) is 5.69 Å². The molecule has 1 aromatic carbocycles. The third kappa shape index (κ3) is 3.83. The van der Waals surface area contributed by atoms with Gasteiger partial charge in [0, 0.05) is 6.07 Å². The zero-order valence-electron chi connectivity index (χ0n) is 10.2. The van der Waals surface area contributed by atoms with Crippen molar-refractivity contribution >= 4 is 11.7 Å². The Balaban J connectivity index is 3.17. The molecule has 0 aliphatic heterocycles. The molecule has 6 nitrogen and oxygen atoms in total. The maximum absolute atomic E-state index is 11.5. The van der Waals surface area contributed by atoms with Gasteiger partial charge in [0.2, 0.25) is 0 Å². The number of nitriles is 1. The van der Waals surface area contributed by atoms with Gasteiger partial charge in [0.25, 0.3) is 5.69 Å². The van der Waals surface area contributed by atoms with E-state index in [1.807, 2.05) is 6.07 Å². The zero-order valence-corrected chi connectivity index (χ0v) is 10.2. The number of hydrogen-bond donors (Lipinski definition) is 0. The maximum Gasteiger partial charge on any atom is 0.338 e. The Morgan fingerprint density at radius 1 is 1.53 bits per heavy atom. The van der Waals surface area contributed by atoms with Crippen LogP contribution in [0.3, 0.4) is 0 Å². The summed E-state index contributed by atoms with van der Waals surface area (Å²) in [5.74, 6) is 4.39. The van der Waals surface area contributed by atoms with Crippen molar-refractivity contribution in [3.8, 4) is 17.9 Å². The Kier molecular flexibility index (Phi) is 5.06. The average molecular weight is 258 g/mol. The summed E-state index contributed by atoms with van der Waals surface area (Å²) in [6, 6.07) is 5.71. The first kappa shape index (κ1) is 14.2. The molecule has 1 rings (SSSR count). The standard InChI is InChI=1S/C13H10N2O4/c1-2-19-13(16)11-7-6-10(5-3-4-8-14)12(9-11)15(17)18/h6-7,9H,2,4H2,1H3. The zero-order chi connectivity index (χ0) is 14.3. The minimum Gasteiger partial charge on any atom is -0.462 e. The van der Waals surface area contributed by atoms with Crippen LogP contribution in [-0.2, 0) is 4.74 Å². The molecule has 0 radical (unpaired) electrons. The van der Waals surface area contributed by atoms with Crippen molar-refractivity contribution in [3.63, 3.8) is 0 Å². The topological polar surface area (TPSA) is 93.2 Å². The van der Waals surface area contributed by atoms with Crippen molar-refractivity contribution in [1.82, 2.24) is 0 Å². The van der Waals surface area contributed by atoms with Crippen LogP contribution in [0.5, 0.6) is 0 Å². The Labute approximate surface area is 109 Å². The number of benzene rings is 1. The van der Waals surface area contributed by atoms with E-state index in [4.69, 9.17) is 10.00 Å². The van der Waals surface area contributed by atoms with Crippen molar-refractivity contribution in [2.45, 2.75) is 13.3 Å². The van der Waals surface area contributed by atoms with Crippen molar-refractivity contribution in [2.75, 3.05) is 6.61 Å². The molecule has 1 aromatic rings. The summed E-state index contributed by atoms with van der Waals surface area (Å²) in [6.45, 7) is 1.84. The molecular formula is C13H10N2O4. The fourth-order valence-electron chi connectivity index (χ4n) is 1.31. The quantitative estimate of drug-likeness (QED) is 0.358. The van der Waals surface area contributed by atoms with Crippen LogP contribution in [0.2, 0.25) is 0 Å².